The molecular weight excluding hydrogens is 572 g/mol. The van der Waals surface area contributed by atoms with Crippen molar-refractivity contribution in [2.24, 2.45) is 0 Å². The summed E-state index contributed by atoms with van der Waals surface area (Å²) in [5, 5.41) is 11.1. The van der Waals surface area contributed by atoms with Crippen molar-refractivity contribution in [1.29, 1.82) is 0 Å². The molecule has 236 valence electrons. The van der Waals surface area contributed by atoms with Gasteiger partial charge in [0.2, 0.25) is 11.2 Å². The minimum absolute atomic E-state index is 0.0407. The van der Waals surface area contributed by atoms with Gasteiger partial charge in [-0.15, -0.1) is 5.10 Å². The molecule has 2 aromatic carbocycles. The van der Waals surface area contributed by atoms with E-state index in [2.05, 4.69) is 15.6 Å². The van der Waals surface area contributed by atoms with Gasteiger partial charge in [-0.25, -0.2) is 9.48 Å². The van der Waals surface area contributed by atoms with Crippen molar-refractivity contribution in [3.05, 3.63) is 57.5 Å². The Bertz CT molecular complexity index is 1580. The number of alkyl carbamates (subject to hydrolysis) is 1. The molecule has 13 heteroatoms. The zero-order valence-corrected chi connectivity index (χ0v) is 26.0. The minimum Gasteiger partial charge on any atom is -0.493 e. The van der Waals surface area contributed by atoms with Gasteiger partial charge < -0.3 is 33.7 Å². The number of esters is 1. The normalized spacial score (nSPS) is 13.9. The Labute approximate surface area is 255 Å². The van der Waals surface area contributed by atoms with Crippen molar-refractivity contribution in [1.82, 2.24) is 20.3 Å². The van der Waals surface area contributed by atoms with Crippen LogP contribution in [0.4, 0.5) is 4.79 Å². The molecule has 0 bridgehead atoms. The number of fused-ring (bicyclic) bond motifs is 3. The van der Waals surface area contributed by atoms with Gasteiger partial charge in [-0.3, -0.25) is 9.59 Å². The fourth-order valence-electron chi connectivity index (χ4n) is 5.06. The van der Waals surface area contributed by atoms with Crippen molar-refractivity contribution in [2.75, 3.05) is 35.0 Å². The van der Waals surface area contributed by atoms with Gasteiger partial charge >= 0.3 is 12.1 Å². The van der Waals surface area contributed by atoms with Crippen molar-refractivity contribution in [3.8, 4) is 34.1 Å². The maximum absolute atomic E-state index is 13.1. The third kappa shape index (κ3) is 7.21. The third-order valence-corrected chi connectivity index (χ3v) is 6.94. The molecule has 1 N–H and O–H groups in total. The van der Waals surface area contributed by atoms with Gasteiger partial charge in [-0.05, 0) is 68.5 Å². The van der Waals surface area contributed by atoms with Crippen molar-refractivity contribution < 1.29 is 38.0 Å². The summed E-state index contributed by atoms with van der Waals surface area (Å²) in [4.78, 5) is 37.2. The molecule has 0 fully saturated rings. The van der Waals surface area contributed by atoms with E-state index < -0.39 is 23.7 Å². The molecule has 1 aromatic heterocycles. The quantitative estimate of drug-likeness (QED) is 0.334. The van der Waals surface area contributed by atoms with Gasteiger partial charge in [0.1, 0.15) is 17.9 Å². The van der Waals surface area contributed by atoms with E-state index in [1.54, 1.807) is 58.0 Å². The van der Waals surface area contributed by atoms with Crippen LogP contribution < -0.4 is 29.7 Å². The second-order valence-corrected chi connectivity index (χ2v) is 11.0. The first-order valence-corrected chi connectivity index (χ1v) is 14.1. The van der Waals surface area contributed by atoms with Gasteiger partial charge in [0.15, 0.2) is 17.2 Å². The smallest absolute Gasteiger partial charge is 0.407 e. The van der Waals surface area contributed by atoms with E-state index in [9.17, 15) is 14.4 Å². The van der Waals surface area contributed by atoms with E-state index >= 15 is 0 Å². The Kier molecular flexibility index (Phi) is 9.97. The highest BCUT2D eigenvalue weighted by Gasteiger charge is 2.30. The number of methoxy groups -OCH3 is 4. The summed E-state index contributed by atoms with van der Waals surface area (Å²) >= 11 is 0. The van der Waals surface area contributed by atoms with Gasteiger partial charge in [-0.2, -0.15) is 0 Å². The second kappa shape index (κ2) is 13.7. The summed E-state index contributed by atoms with van der Waals surface area (Å²) < 4.78 is 34.6. The molecule has 3 aromatic rings. The largest absolute Gasteiger partial charge is 0.493 e. The van der Waals surface area contributed by atoms with Crippen LogP contribution in [0.15, 0.2) is 35.3 Å². The first-order valence-electron chi connectivity index (χ1n) is 14.1. The van der Waals surface area contributed by atoms with E-state index in [1.807, 2.05) is 12.1 Å². The first kappa shape index (κ1) is 32.1. The molecule has 1 aliphatic rings. The molecule has 0 unspecified atom stereocenters. The number of nitrogens with one attached hydrogen (secondary N) is 1. The predicted octanol–water partition coefficient (Wildman–Crippen LogP) is 3.83. The molecule has 0 saturated carbocycles. The average Bonchev–Trinajstić information content (AvgIpc) is 3.31. The van der Waals surface area contributed by atoms with Crippen LogP contribution in [-0.2, 0) is 27.3 Å². The molecule has 1 amide bonds. The topological polar surface area (TPSA) is 149 Å². The summed E-state index contributed by atoms with van der Waals surface area (Å²) in [6.45, 7) is 5.21. The number of hydrogen-bond acceptors (Lipinski definition) is 11. The highest BCUT2D eigenvalue weighted by atomic mass is 16.6. The first-order chi connectivity index (χ1) is 21.0. The number of aromatic nitrogens is 3. The molecule has 13 nitrogen and oxygen atoms in total. The van der Waals surface area contributed by atoms with Crippen LogP contribution in [0.25, 0.3) is 11.1 Å². The van der Waals surface area contributed by atoms with Crippen molar-refractivity contribution in [2.45, 2.75) is 58.3 Å². The monoisotopic (exact) mass is 610 g/mol. The van der Waals surface area contributed by atoms with Gasteiger partial charge in [0.25, 0.3) is 0 Å². The van der Waals surface area contributed by atoms with Gasteiger partial charge in [0, 0.05) is 12.1 Å². The molecule has 1 heterocycles. The summed E-state index contributed by atoms with van der Waals surface area (Å²) in [7, 11) is 6.10. The molecule has 0 saturated heterocycles. The zero-order chi connectivity index (χ0) is 32.0. The zero-order valence-electron chi connectivity index (χ0n) is 26.0. The molecule has 0 radical (unpaired) electrons. The highest BCUT2D eigenvalue weighted by Crippen LogP contribution is 2.50. The lowest BCUT2D eigenvalue weighted by Gasteiger charge is -2.19. The molecule has 44 heavy (non-hydrogen) atoms. The van der Waals surface area contributed by atoms with Crippen LogP contribution in [0.5, 0.6) is 23.0 Å². The number of benzene rings is 1. The Hall–Kier alpha value is -4.81. The van der Waals surface area contributed by atoms with Crippen LogP contribution in [0.2, 0.25) is 0 Å². The maximum Gasteiger partial charge on any atom is 0.407 e. The minimum atomic E-state index is -0.637. The second-order valence-electron chi connectivity index (χ2n) is 11.0. The van der Waals surface area contributed by atoms with Crippen LogP contribution in [-0.4, -0.2) is 67.6 Å². The number of rotatable bonds is 10. The molecule has 0 aliphatic heterocycles. The lowest BCUT2D eigenvalue weighted by molar-refractivity contribution is -0.144. The number of amides is 1. The SMILES string of the molecule is COc1cc2c(c(OC)c1OC)-c1ccc(OC)c(=O)cc1[C@@H](n1cc(COC(=O)CCNC(=O)OC(C)(C)C)nn1)CC2. The fraction of sp³-hybridized carbons (Fsp3) is 0.452. The summed E-state index contributed by atoms with van der Waals surface area (Å²) in [6, 6.07) is 6.51. The van der Waals surface area contributed by atoms with E-state index in [1.165, 1.54) is 14.2 Å². The lowest BCUT2D eigenvalue weighted by atomic mass is 9.95. The van der Waals surface area contributed by atoms with Crippen LogP contribution in [0.1, 0.15) is 56.5 Å². The number of nitrogens with zero attached hydrogens (tertiary/aromatic N) is 3. The number of aryl methyl sites for hydroxylation is 1. The number of hydrogen-bond donors (Lipinski definition) is 1. The average molecular weight is 611 g/mol. The number of ether oxygens (including phenoxy) is 6. The van der Waals surface area contributed by atoms with Crippen LogP contribution in [0.3, 0.4) is 0 Å². The Morgan fingerprint density at radius 2 is 1.73 bits per heavy atom. The summed E-state index contributed by atoms with van der Waals surface area (Å²) in [6.07, 6.45) is 2.18. The van der Waals surface area contributed by atoms with E-state index in [4.69, 9.17) is 28.4 Å². The summed E-state index contributed by atoms with van der Waals surface area (Å²) in [5.41, 5.74) is 2.62. The van der Waals surface area contributed by atoms with Crippen molar-refractivity contribution in [3.63, 3.8) is 0 Å². The molecule has 0 spiro atoms. The summed E-state index contributed by atoms with van der Waals surface area (Å²) in [5.74, 6) is 1.11. The third-order valence-electron chi connectivity index (χ3n) is 6.94. The van der Waals surface area contributed by atoms with Crippen LogP contribution >= 0.6 is 0 Å². The Morgan fingerprint density at radius 3 is 2.39 bits per heavy atom. The van der Waals surface area contributed by atoms with Crippen molar-refractivity contribution >= 4 is 12.1 Å². The van der Waals surface area contributed by atoms with Gasteiger partial charge in [-0.1, -0.05) is 11.3 Å². The Morgan fingerprint density at radius 1 is 1.00 bits per heavy atom. The van der Waals surface area contributed by atoms with Crippen LogP contribution in [0, 0.1) is 0 Å². The standard InChI is InChI=1S/C31H38N4O9/c1-31(2,3)44-30(38)32-13-12-26(37)43-17-19-16-35(34-33-19)22-10-8-18-14-25(40-5)28(41-6)29(42-7)27(18)20-9-11-24(39-4)23(36)15-21(20)22/h9,11,14-16,22H,8,10,12-13,17H2,1-7H3,(H,32,38)/t22-/m0/s1. The van der Waals surface area contributed by atoms with E-state index in [0.717, 1.165) is 16.7 Å². The van der Waals surface area contributed by atoms with E-state index in [0.29, 0.717) is 41.3 Å². The molecule has 1 aliphatic carbocycles. The van der Waals surface area contributed by atoms with E-state index in [-0.39, 0.29) is 30.8 Å². The molecule has 4 rings (SSSR count). The fourth-order valence-corrected chi connectivity index (χ4v) is 5.06. The highest BCUT2D eigenvalue weighted by molar-refractivity contribution is 5.82. The number of carbonyl (C=O) groups excluding carboxylic acids is 2. The molecule has 1 atom stereocenters. The maximum atomic E-state index is 13.1. The lowest BCUT2D eigenvalue weighted by Crippen LogP contribution is -2.33. The van der Waals surface area contributed by atoms with Gasteiger partial charge in [0.05, 0.1) is 47.1 Å². The number of carbonyl (C=O) groups is 2. The Balaban J connectivity index is 1.61. The predicted molar refractivity (Wildman–Crippen MR) is 159 cm³/mol. The molecular formula is C31H38N4O9.